The highest BCUT2D eigenvalue weighted by atomic mass is 35.5. The number of halogens is 1. The number of hydrogen-bond donors (Lipinski definition) is 0. The molecule has 1 aliphatic rings. The van der Waals surface area contributed by atoms with Crippen molar-refractivity contribution in [3.05, 3.63) is 23.5 Å². The van der Waals surface area contributed by atoms with Gasteiger partial charge in [0, 0.05) is 31.9 Å². The van der Waals surface area contributed by atoms with Gasteiger partial charge in [-0.1, -0.05) is 6.92 Å². The Morgan fingerprint density at radius 3 is 2.70 bits per heavy atom. The fourth-order valence-electron chi connectivity index (χ4n) is 2.12. The lowest BCUT2D eigenvalue weighted by Crippen LogP contribution is -2.37. The van der Waals surface area contributed by atoms with E-state index in [1.807, 2.05) is 22.6 Å². The molecule has 3 heterocycles. The Morgan fingerprint density at radius 2 is 1.95 bits per heavy atom. The van der Waals surface area contributed by atoms with Gasteiger partial charge in [-0.3, -0.25) is 4.57 Å². The van der Waals surface area contributed by atoms with Gasteiger partial charge < -0.3 is 9.64 Å². The number of aryl methyl sites for hydroxylation is 1. The van der Waals surface area contributed by atoms with Crippen molar-refractivity contribution in [2.24, 2.45) is 0 Å². The minimum absolute atomic E-state index is 0.187. The Labute approximate surface area is 121 Å². The molecule has 3 rings (SSSR count). The number of aromatic nitrogens is 5. The molecular weight excluding hydrogens is 280 g/mol. The predicted octanol–water partition coefficient (Wildman–Crippen LogP) is 1.11. The third kappa shape index (κ3) is 2.59. The number of morpholine rings is 1. The molecule has 106 valence electrons. The van der Waals surface area contributed by atoms with Crippen LogP contribution >= 0.6 is 11.6 Å². The molecule has 20 heavy (non-hydrogen) atoms. The summed E-state index contributed by atoms with van der Waals surface area (Å²) in [6.07, 6.45) is 4.35. The molecule has 1 fully saturated rings. The standard InChI is InChI=1S/C12H15ClN6O/c1-2-9-14-3-4-19(9)12-16-10(13)15-11(17-12)18-5-7-20-8-6-18/h3-4H,2,5-8H2,1H3. The molecule has 7 nitrogen and oxygen atoms in total. The first-order chi connectivity index (χ1) is 9.78. The molecule has 0 N–H and O–H groups in total. The maximum Gasteiger partial charge on any atom is 0.241 e. The fraction of sp³-hybridized carbons (Fsp3) is 0.500. The van der Waals surface area contributed by atoms with E-state index in [-0.39, 0.29) is 5.28 Å². The van der Waals surface area contributed by atoms with Gasteiger partial charge in [0.15, 0.2) is 0 Å². The maximum atomic E-state index is 6.03. The smallest absolute Gasteiger partial charge is 0.241 e. The van der Waals surface area contributed by atoms with E-state index < -0.39 is 0 Å². The predicted molar refractivity (Wildman–Crippen MR) is 74.4 cm³/mol. The highest BCUT2D eigenvalue weighted by Gasteiger charge is 2.17. The number of hydrogen-bond acceptors (Lipinski definition) is 6. The van der Waals surface area contributed by atoms with Crippen molar-refractivity contribution in [1.29, 1.82) is 0 Å². The molecular formula is C12H15ClN6O. The molecule has 0 amide bonds. The number of ether oxygens (including phenoxy) is 1. The van der Waals surface area contributed by atoms with Gasteiger partial charge in [0.25, 0.3) is 0 Å². The van der Waals surface area contributed by atoms with Crippen LogP contribution in [0.25, 0.3) is 5.95 Å². The number of anilines is 1. The molecule has 0 aromatic carbocycles. The fourth-order valence-corrected chi connectivity index (χ4v) is 2.27. The van der Waals surface area contributed by atoms with E-state index in [2.05, 4.69) is 19.9 Å². The van der Waals surface area contributed by atoms with Crippen molar-refractivity contribution in [3.8, 4) is 5.95 Å². The molecule has 0 radical (unpaired) electrons. The second-order valence-electron chi connectivity index (χ2n) is 4.37. The molecule has 0 atom stereocenters. The van der Waals surface area contributed by atoms with E-state index in [1.54, 1.807) is 6.20 Å². The summed E-state index contributed by atoms with van der Waals surface area (Å²) in [7, 11) is 0. The molecule has 0 saturated carbocycles. The van der Waals surface area contributed by atoms with E-state index in [0.29, 0.717) is 25.1 Å². The quantitative estimate of drug-likeness (QED) is 0.845. The van der Waals surface area contributed by atoms with E-state index in [9.17, 15) is 0 Å². The van der Waals surface area contributed by atoms with Crippen molar-refractivity contribution in [3.63, 3.8) is 0 Å². The van der Waals surface area contributed by atoms with Gasteiger partial charge in [-0.05, 0) is 11.6 Å². The first kappa shape index (κ1) is 13.3. The van der Waals surface area contributed by atoms with Crippen LogP contribution in [0.1, 0.15) is 12.7 Å². The van der Waals surface area contributed by atoms with E-state index in [1.165, 1.54) is 0 Å². The Hall–Kier alpha value is -1.73. The van der Waals surface area contributed by atoms with Gasteiger partial charge in [-0.15, -0.1) is 0 Å². The highest BCUT2D eigenvalue weighted by molar-refractivity contribution is 6.28. The van der Waals surface area contributed by atoms with Crippen molar-refractivity contribution in [2.75, 3.05) is 31.2 Å². The van der Waals surface area contributed by atoms with E-state index in [4.69, 9.17) is 16.3 Å². The first-order valence-corrected chi connectivity index (χ1v) is 6.92. The lowest BCUT2D eigenvalue weighted by atomic mass is 10.4. The van der Waals surface area contributed by atoms with Crippen LogP contribution < -0.4 is 4.90 Å². The summed E-state index contributed by atoms with van der Waals surface area (Å²) in [5, 5.41) is 0.187. The minimum atomic E-state index is 0.187. The number of rotatable bonds is 3. The summed E-state index contributed by atoms with van der Waals surface area (Å²) in [6.45, 7) is 4.88. The average molecular weight is 295 g/mol. The van der Waals surface area contributed by atoms with Crippen LogP contribution in [-0.4, -0.2) is 50.8 Å². The van der Waals surface area contributed by atoms with Crippen molar-refractivity contribution in [2.45, 2.75) is 13.3 Å². The van der Waals surface area contributed by atoms with Crippen LogP contribution in [-0.2, 0) is 11.2 Å². The van der Waals surface area contributed by atoms with Crippen molar-refractivity contribution >= 4 is 17.5 Å². The molecule has 2 aromatic heterocycles. The summed E-state index contributed by atoms with van der Waals surface area (Å²) in [4.78, 5) is 19.2. The van der Waals surface area contributed by atoms with Crippen LogP contribution in [0.4, 0.5) is 5.95 Å². The maximum absolute atomic E-state index is 6.03. The lowest BCUT2D eigenvalue weighted by molar-refractivity contribution is 0.122. The second-order valence-corrected chi connectivity index (χ2v) is 4.71. The summed E-state index contributed by atoms with van der Waals surface area (Å²) in [5.41, 5.74) is 0. The first-order valence-electron chi connectivity index (χ1n) is 6.55. The summed E-state index contributed by atoms with van der Waals surface area (Å²) in [5.74, 6) is 1.97. The van der Waals surface area contributed by atoms with Crippen molar-refractivity contribution < 1.29 is 4.74 Å². The summed E-state index contributed by atoms with van der Waals surface area (Å²) < 4.78 is 7.16. The van der Waals surface area contributed by atoms with E-state index in [0.717, 1.165) is 25.3 Å². The Balaban J connectivity index is 1.98. The van der Waals surface area contributed by atoms with Gasteiger partial charge >= 0.3 is 0 Å². The monoisotopic (exact) mass is 294 g/mol. The minimum Gasteiger partial charge on any atom is -0.378 e. The molecule has 0 aliphatic carbocycles. The topological polar surface area (TPSA) is 69.0 Å². The molecule has 0 unspecified atom stereocenters. The third-order valence-corrected chi connectivity index (χ3v) is 3.30. The molecule has 0 bridgehead atoms. The SMILES string of the molecule is CCc1nccn1-c1nc(Cl)nc(N2CCOCC2)n1. The number of nitrogens with zero attached hydrogens (tertiary/aromatic N) is 6. The third-order valence-electron chi connectivity index (χ3n) is 3.13. The van der Waals surface area contributed by atoms with Crippen LogP contribution in [0.2, 0.25) is 5.28 Å². The largest absolute Gasteiger partial charge is 0.378 e. The average Bonchev–Trinajstić information content (AvgIpc) is 2.96. The lowest BCUT2D eigenvalue weighted by Gasteiger charge is -2.26. The van der Waals surface area contributed by atoms with Crippen LogP contribution in [0.15, 0.2) is 12.4 Å². The van der Waals surface area contributed by atoms with Gasteiger partial charge in [0.05, 0.1) is 13.2 Å². The van der Waals surface area contributed by atoms with Gasteiger partial charge in [0.2, 0.25) is 17.2 Å². The molecule has 1 saturated heterocycles. The molecule has 0 spiro atoms. The highest BCUT2D eigenvalue weighted by Crippen LogP contribution is 2.16. The van der Waals surface area contributed by atoms with Crippen LogP contribution in [0.5, 0.6) is 0 Å². The summed E-state index contributed by atoms with van der Waals surface area (Å²) in [6, 6.07) is 0. The van der Waals surface area contributed by atoms with Gasteiger partial charge in [0.1, 0.15) is 5.82 Å². The Bertz CT molecular complexity index is 595. The molecule has 1 aliphatic heterocycles. The second kappa shape index (κ2) is 5.72. The molecule has 8 heteroatoms. The van der Waals surface area contributed by atoms with Crippen LogP contribution in [0, 0.1) is 0 Å². The Kier molecular flexibility index (Phi) is 3.79. The van der Waals surface area contributed by atoms with Crippen LogP contribution in [0.3, 0.4) is 0 Å². The molecule has 2 aromatic rings. The van der Waals surface area contributed by atoms with Gasteiger partial charge in [-0.2, -0.15) is 15.0 Å². The Morgan fingerprint density at radius 1 is 1.20 bits per heavy atom. The summed E-state index contributed by atoms with van der Waals surface area (Å²) >= 11 is 6.03. The normalized spacial score (nSPS) is 15.6. The zero-order chi connectivity index (χ0) is 13.9. The zero-order valence-corrected chi connectivity index (χ0v) is 11.9. The van der Waals surface area contributed by atoms with E-state index >= 15 is 0 Å². The van der Waals surface area contributed by atoms with Crippen molar-refractivity contribution in [1.82, 2.24) is 24.5 Å². The van der Waals surface area contributed by atoms with Gasteiger partial charge in [-0.25, -0.2) is 4.98 Å². The zero-order valence-electron chi connectivity index (χ0n) is 11.2. The number of imidazole rings is 1.